The molecule has 2 heterocycles. The van der Waals surface area contributed by atoms with Crippen LogP contribution in [0.4, 0.5) is 0 Å². The fraction of sp³-hybridized carbons (Fsp3) is 0.400. The monoisotopic (exact) mass is 420 g/mol. The Morgan fingerprint density at radius 3 is 2.65 bits per heavy atom. The zero-order chi connectivity index (χ0) is 22.2. The maximum atomic E-state index is 12.4. The molecule has 0 radical (unpaired) electrons. The van der Waals surface area contributed by atoms with Crippen LogP contribution < -0.4 is 10.1 Å². The van der Waals surface area contributed by atoms with E-state index in [1.807, 2.05) is 49.4 Å². The van der Waals surface area contributed by atoms with Gasteiger partial charge in [-0.2, -0.15) is 5.10 Å². The molecule has 0 aliphatic rings. The number of aromatic nitrogens is 3. The fourth-order valence-corrected chi connectivity index (χ4v) is 3.52. The number of aryl methyl sites for hydroxylation is 1. The summed E-state index contributed by atoms with van der Waals surface area (Å²) in [6.45, 7) is 10.3. The summed E-state index contributed by atoms with van der Waals surface area (Å²) in [6, 6.07) is 13.7. The smallest absolute Gasteiger partial charge is 0.220 e. The molecular formula is C25H32N4O2. The number of nitrogens with zero attached hydrogens (tertiary/aromatic N) is 3. The molecule has 164 valence electrons. The van der Waals surface area contributed by atoms with E-state index in [1.165, 1.54) is 5.56 Å². The largest absolute Gasteiger partial charge is 0.473 e. The summed E-state index contributed by atoms with van der Waals surface area (Å²) >= 11 is 0. The van der Waals surface area contributed by atoms with E-state index < -0.39 is 0 Å². The van der Waals surface area contributed by atoms with Crippen molar-refractivity contribution < 1.29 is 9.53 Å². The molecule has 0 bridgehead atoms. The third kappa shape index (κ3) is 6.67. The van der Waals surface area contributed by atoms with E-state index in [9.17, 15) is 4.79 Å². The first-order valence-electron chi connectivity index (χ1n) is 10.8. The van der Waals surface area contributed by atoms with E-state index >= 15 is 0 Å². The normalized spacial score (nSPS) is 11.0. The molecule has 3 aromatic rings. The van der Waals surface area contributed by atoms with Gasteiger partial charge in [-0.15, -0.1) is 0 Å². The zero-order valence-electron chi connectivity index (χ0n) is 18.9. The zero-order valence-corrected chi connectivity index (χ0v) is 18.9. The van der Waals surface area contributed by atoms with Crippen LogP contribution in [0.3, 0.4) is 0 Å². The number of pyridine rings is 1. The Morgan fingerprint density at radius 2 is 1.90 bits per heavy atom. The van der Waals surface area contributed by atoms with Gasteiger partial charge < -0.3 is 10.1 Å². The summed E-state index contributed by atoms with van der Waals surface area (Å²) in [7, 11) is 0. The lowest BCUT2D eigenvalue weighted by atomic mass is 10.1. The summed E-state index contributed by atoms with van der Waals surface area (Å²) in [5, 5.41) is 7.63. The minimum Gasteiger partial charge on any atom is -0.473 e. The van der Waals surface area contributed by atoms with Crippen LogP contribution in [0.5, 0.6) is 5.88 Å². The molecule has 1 N–H and O–H groups in total. The van der Waals surface area contributed by atoms with Crippen molar-refractivity contribution in [2.75, 3.05) is 0 Å². The summed E-state index contributed by atoms with van der Waals surface area (Å²) < 4.78 is 7.82. The van der Waals surface area contributed by atoms with Crippen LogP contribution >= 0.6 is 0 Å². The number of hydrogen-bond acceptors (Lipinski definition) is 4. The quantitative estimate of drug-likeness (QED) is 0.528. The molecule has 0 aliphatic carbocycles. The number of ether oxygens (including phenoxy) is 1. The Hall–Kier alpha value is -3.15. The van der Waals surface area contributed by atoms with Crippen LogP contribution in [0.25, 0.3) is 0 Å². The summed E-state index contributed by atoms with van der Waals surface area (Å²) in [5.74, 6) is 1.12. The topological polar surface area (TPSA) is 69.0 Å². The van der Waals surface area contributed by atoms with Crippen molar-refractivity contribution in [2.45, 2.75) is 60.2 Å². The van der Waals surface area contributed by atoms with Crippen LogP contribution in [0.1, 0.15) is 48.3 Å². The SMILES string of the molecule is Cc1nn(CC(C)C)c(C)c1CCC(=O)NCc1ccnc(OCc2ccccc2)c1. The first-order chi connectivity index (χ1) is 14.9. The van der Waals surface area contributed by atoms with Crippen molar-refractivity contribution in [3.8, 4) is 5.88 Å². The molecule has 0 aliphatic heterocycles. The summed E-state index contributed by atoms with van der Waals surface area (Å²) in [4.78, 5) is 16.7. The lowest BCUT2D eigenvalue weighted by molar-refractivity contribution is -0.121. The van der Waals surface area contributed by atoms with Gasteiger partial charge in [0, 0.05) is 37.5 Å². The average molecular weight is 421 g/mol. The molecule has 0 spiro atoms. The average Bonchev–Trinajstić information content (AvgIpc) is 3.02. The molecule has 3 rings (SSSR count). The van der Waals surface area contributed by atoms with E-state index in [0.717, 1.165) is 29.1 Å². The van der Waals surface area contributed by atoms with E-state index in [4.69, 9.17) is 4.74 Å². The second-order valence-corrected chi connectivity index (χ2v) is 8.28. The maximum Gasteiger partial charge on any atom is 0.220 e. The van der Waals surface area contributed by atoms with E-state index in [0.29, 0.717) is 37.8 Å². The number of carbonyl (C=O) groups is 1. The summed E-state index contributed by atoms with van der Waals surface area (Å²) in [5.41, 5.74) is 5.40. The third-order valence-corrected chi connectivity index (χ3v) is 5.19. The maximum absolute atomic E-state index is 12.4. The first-order valence-corrected chi connectivity index (χ1v) is 10.8. The van der Waals surface area contributed by atoms with Gasteiger partial charge in [0.1, 0.15) is 6.61 Å². The molecular weight excluding hydrogens is 388 g/mol. The molecule has 0 fully saturated rings. The summed E-state index contributed by atoms with van der Waals surface area (Å²) in [6.07, 6.45) is 2.85. The number of hydrogen-bond donors (Lipinski definition) is 1. The van der Waals surface area contributed by atoms with Crippen molar-refractivity contribution in [3.05, 3.63) is 76.7 Å². The molecule has 0 saturated carbocycles. The van der Waals surface area contributed by atoms with Gasteiger partial charge in [0.25, 0.3) is 0 Å². The van der Waals surface area contributed by atoms with Gasteiger partial charge in [0.2, 0.25) is 11.8 Å². The Labute approximate surface area is 184 Å². The molecule has 31 heavy (non-hydrogen) atoms. The lowest BCUT2D eigenvalue weighted by Gasteiger charge is -2.09. The van der Waals surface area contributed by atoms with Gasteiger partial charge in [-0.3, -0.25) is 9.48 Å². The number of nitrogens with one attached hydrogen (secondary N) is 1. The van der Waals surface area contributed by atoms with Gasteiger partial charge >= 0.3 is 0 Å². The molecule has 0 atom stereocenters. The molecule has 6 nitrogen and oxygen atoms in total. The van der Waals surface area contributed by atoms with Crippen LogP contribution in [0.15, 0.2) is 48.7 Å². The number of benzene rings is 1. The lowest BCUT2D eigenvalue weighted by Crippen LogP contribution is -2.23. The number of carbonyl (C=O) groups excluding carboxylic acids is 1. The highest BCUT2D eigenvalue weighted by atomic mass is 16.5. The molecule has 2 aromatic heterocycles. The van der Waals surface area contributed by atoms with Crippen LogP contribution in [-0.2, 0) is 30.9 Å². The Bertz CT molecular complexity index is 996. The van der Waals surface area contributed by atoms with Crippen molar-refractivity contribution in [2.24, 2.45) is 5.92 Å². The van der Waals surface area contributed by atoms with E-state index in [1.54, 1.807) is 6.20 Å². The fourth-order valence-electron chi connectivity index (χ4n) is 3.52. The highest BCUT2D eigenvalue weighted by Gasteiger charge is 2.14. The molecule has 0 saturated heterocycles. The van der Waals surface area contributed by atoms with Crippen LogP contribution in [0.2, 0.25) is 0 Å². The van der Waals surface area contributed by atoms with Crippen molar-refractivity contribution in [1.29, 1.82) is 0 Å². The molecule has 6 heteroatoms. The molecule has 1 aromatic carbocycles. The van der Waals surface area contributed by atoms with E-state index in [-0.39, 0.29) is 5.91 Å². The van der Waals surface area contributed by atoms with Gasteiger partial charge in [-0.25, -0.2) is 4.98 Å². The van der Waals surface area contributed by atoms with Gasteiger partial charge in [0.15, 0.2) is 0 Å². The minimum atomic E-state index is 0.0268. The predicted molar refractivity (Wildman–Crippen MR) is 122 cm³/mol. The van der Waals surface area contributed by atoms with Crippen molar-refractivity contribution in [1.82, 2.24) is 20.1 Å². The third-order valence-electron chi connectivity index (χ3n) is 5.19. The van der Waals surface area contributed by atoms with Gasteiger partial charge in [-0.1, -0.05) is 44.2 Å². The molecule has 0 unspecified atom stereocenters. The Kier molecular flexibility index (Phi) is 7.82. The van der Waals surface area contributed by atoms with Crippen molar-refractivity contribution in [3.63, 3.8) is 0 Å². The van der Waals surface area contributed by atoms with Crippen LogP contribution in [-0.4, -0.2) is 20.7 Å². The van der Waals surface area contributed by atoms with E-state index in [2.05, 4.69) is 40.9 Å². The van der Waals surface area contributed by atoms with Crippen molar-refractivity contribution >= 4 is 5.91 Å². The highest BCUT2D eigenvalue weighted by Crippen LogP contribution is 2.17. The number of amides is 1. The second-order valence-electron chi connectivity index (χ2n) is 8.28. The van der Waals surface area contributed by atoms with Gasteiger partial charge in [0.05, 0.1) is 5.69 Å². The highest BCUT2D eigenvalue weighted by molar-refractivity contribution is 5.76. The Morgan fingerprint density at radius 1 is 1.13 bits per heavy atom. The standard InChI is InChI=1S/C25H32N4O2/c1-18(2)16-29-20(4)23(19(3)28-29)10-11-24(30)27-15-22-12-13-26-25(14-22)31-17-21-8-6-5-7-9-21/h5-9,12-14,18H,10-11,15-17H2,1-4H3,(H,27,30). The first kappa shape index (κ1) is 22.5. The predicted octanol–water partition coefficient (Wildman–Crippen LogP) is 4.38. The molecule has 1 amide bonds. The number of rotatable bonds is 10. The van der Waals surface area contributed by atoms with Gasteiger partial charge in [-0.05, 0) is 48.9 Å². The Balaban J connectivity index is 1.48. The minimum absolute atomic E-state index is 0.0268. The van der Waals surface area contributed by atoms with Crippen LogP contribution in [0, 0.1) is 19.8 Å². The second kappa shape index (κ2) is 10.8.